The lowest BCUT2D eigenvalue weighted by molar-refractivity contribution is 0.622. The number of benzene rings is 1. The van der Waals surface area contributed by atoms with Gasteiger partial charge in [-0.15, -0.1) is 0 Å². The Balaban J connectivity index is 1.78. The molecule has 1 aromatic carbocycles. The summed E-state index contributed by atoms with van der Waals surface area (Å²) in [5, 5.41) is 16.6. The topological polar surface area (TPSA) is 119 Å². The Kier molecular flexibility index (Phi) is 5.48. The van der Waals surface area contributed by atoms with Gasteiger partial charge in [-0.1, -0.05) is 24.9 Å². The molecule has 0 aliphatic heterocycles. The predicted octanol–water partition coefficient (Wildman–Crippen LogP) is 2.89. The number of hydrogen-bond donors (Lipinski definition) is 3. The van der Waals surface area contributed by atoms with Gasteiger partial charge in [-0.3, -0.25) is 19.1 Å². The first-order valence-electron chi connectivity index (χ1n) is 10.0. The molecule has 0 amide bonds. The summed E-state index contributed by atoms with van der Waals surface area (Å²) in [5.41, 5.74) is 8.19. The van der Waals surface area contributed by atoms with E-state index in [0.717, 1.165) is 30.3 Å². The largest absolute Gasteiger partial charge is 0.354 e. The minimum atomic E-state index is -0.212. The number of fused-ring (bicyclic) bond motifs is 2. The number of hydrogen-bond acceptors (Lipinski definition) is 6. The fourth-order valence-electron chi connectivity index (χ4n) is 3.56. The van der Waals surface area contributed by atoms with Crippen LogP contribution in [0.5, 0.6) is 0 Å². The van der Waals surface area contributed by atoms with Crippen molar-refractivity contribution in [2.75, 3.05) is 11.9 Å². The van der Waals surface area contributed by atoms with E-state index < -0.39 is 0 Å². The lowest BCUT2D eigenvalue weighted by Crippen LogP contribution is -2.31. The summed E-state index contributed by atoms with van der Waals surface area (Å²) in [4.78, 5) is 17.7. The normalized spacial score (nSPS) is 12.7. The van der Waals surface area contributed by atoms with Crippen molar-refractivity contribution < 1.29 is 0 Å². The molecule has 3 heterocycles. The zero-order valence-electron chi connectivity index (χ0n) is 17.2. The van der Waals surface area contributed by atoms with Crippen LogP contribution in [0.25, 0.3) is 33.2 Å². The Bertz CT molecular complexity index is 1270. The second-order valence-electron chi connectivity index (χ2n) is 7.37. The minimum Gasteiger partial charge on any atom is -0.354 e. The van der Waals surface area contributed by atoms with E-state index in [9.17, 15) is 4.79 Å². The van der Waals surface area contributed by atoms with Gasteiger partial charge in [0.2, 0.25) is 5.95 Å². The lowest BCUT2D eigenvalue weighted by atomic mass is 10.1. The van der Waals surface area contributed by atoms with Gasteiger partial charge in [-0.25, -0.2) is 0 Å². The summed E-state index contributed by atoms with van der Waals surface area (Å²) in [7, 11) is 1.68. The van der Waals surface area contributed by atoms with E-state index in [0.29, 0.717) is 39.8 Å². The average Bonchev–Trinajstić information content (AvgIpc) is 3.34. The number of aryl methyl sites for hydroxylation is 1. The van der Waals surface area contributed by atoms with Crippen LogP contribution >= 0.6 is 11.6 Å². The van der Waals surface area contributed by atoms with E-state index in [1.807, 2.05) is 29.9 Å². The molecule has 0 fully saturated rings. The van der Waals surface area contributed by atoms with Crippen LogP contribution in [0.3, 0.4) is 0 Å². The Morgan fingerprint density at radius 2 is 2.13 bits per heavy atom. The van der Waals surface area contributed by atoms with Crippen LogP contribution in [-0.4, -0.2) is 42.1 Å². The van der Waals surface area contributed by atoms with E-state index in [4.69, 9.17) is 17.3 Å². The van der Waals surface area contributed by atoms with Gasteiger partial charge in [0.25, 0.3) is 5.56 Å². The van der Waals surface area contributed by atoms with E-state index in [-0.39, 0.29) is 11.6 Å². The summed E-state index contributed by atoms with van der Waals surface area (Å²) < 4.78 is 3.30. The number of anilines is 1. The fourth-order valence-corrected chi connectivity index (χ4v) is 3.86. The molecule has 1 atom stereocenters. The minimum absolute atomic E-state index is 0.00509. The van der Waals surface area contributed by atoms with Crippen molar-refractivity contribution in [3.63, 3.8) is 0 Å². The van der Waals surface area contributed by atoms with E-state index >= 15 is 0 Å². The third-order valence-electron chi connectivity index (χ3n) is 5.23. The molecule has 0 saturated heterocycles. The van der Waals surface area contributed by atoms with Crippen LogP contribution < -0.4 is 16.6 Å². The Hall–Kier alpha value is -2.91. The van der Waals surface area contributed by atoms with Crippen molar-refractivity contribution in [1.29, 1.82) is 0 Å². The van der Waals surface area contributed by atoms with Crippen molar-refractivity contribution in [3.8, 4) is 11.3 Å². The zero-order chi connectivity index (χ0) is 21.4. The molecule has 3 aromatic heterocycles. The number of aromatic amines is 1. The maximum absolute atomic E-state index is 13.1. The summed E-state index contributed by atoms with van der Waals surface area (Å²) in [6.45, 7) is 5.37. The molecule has 0 unspecified atom stereocenters. The molecule has 4 N–H and O–H groups in total. The first-order chi connectivity index (χ1) is 14.4. The number of nitrogens with one attached hydrogen (secondary N) is 2. The van der Waals surface area contributed by atoms with Gasteiger partial charge in [0.1, 0.15) is 11.1 Å². The highest BCUT2D eigenvalue weighted by Gasteiger charge is 2.20. The lowest BCUT2D eigenvalue weighted by Gasteiger charge is -2.14. The van der Waals surface area contributed by atoms with Gasteiger partial charge in [-0.2, -0.15) is 15.2 Å². The quantitative estimate of drug-likeness (QED) is 0.416. The molecule has 0 saturated carbocycles. The molecule has 9 nitrogen and oxygen atoms in total. The Morgan fingerprint density at radius 3 is 2.87 bits per heavy atom. The van der Waals surface area contributed by atoms with Crippen LogP contribution in [0, 0.1) is 0 Å². The number of nitrogens with zero attached hydrogens (tertiary/aromatic N) is 5. The number of aromatic nitrogens is 6. The number of H-pyrrole nitrogens is 1. The van der Waals surface area contributed by atoms with Gasteiger partial charge in [0, 0.05) is 43.3 Å². The van der Waals surface area contributed by atoms with Crippen LogP contribution in [0.4, 0.5) is 5.95 Å². The Labute approximate surface area is 178 Å². The second kappa shape index (κ2) is 8.08. The van der Waals surface area contributed by atoms with Crippen LogP contribution in [0.15, 0.2) is 23.1 Å². The molecule has 0 radical (unpaired) electrons. The summed E-state index contributed by atoms with van der Waals surface area (Å²) >= 11 is 6.68. The van der Waals surface area contributed by atoms with Crippen LogP contribution in [0.1, 0.15) is 26.7 Å². The molecule has 0 aliphatic carbocycles. The summed E-state index contributed by atoms with van der Waals surface area (Å²) in [6.07, 6.45) is 3.79. The highest BCUT2D eigenvalue weighted by molar-refractivity contribution is 6.38. The molecular weight excluding hydrogens is 404 g/mol. The van der Waals surface area contributed by atoms with Crippen molar-refractivity contribution in [3.05, 3.63) is 33.7 Å². The average molecular weight is 429 g/mol. The molecule has 0 bridgehead atoms. The van der Waals surface area contributed by atoms with Crippen molar-refractivity contribution >= 4 is 39.5 Å². The van der Waals surface area contributed by atoms with Gasteiger partial charge < -0.3 is 11.1 Å². The van der Waals surface area contributed by atoms with Gasteiger partial charge in [0.05, 0.1) is 10.5 Å². The maximum atomic E-state index is 13.1. The number of nitrogens with two attached hydrogens (primary N) is 1. The maximum Gasteiger partial charge on any atom is 0.266 e. The third-order valence-corrected chi connectivity index (χ3v) is 5.64. The number of halogens is 1. The zero-order valence-corrected chi connectivity index (χ0v) is 18.0. The van der Waals surface area contributed by atoms with Crippen LogP contribution in [0.2, 0.25) is 5.02 Å². The van der Waals surface area contributed by atoms with E-state index in [2.05, 4.69) is 32.5 Å². The second-order valence-corrected chi connectivity index (χ2v) is 7.75. The molecule has 0 spiro atoms. The van der Waals surface area contributed by atoms with Crippen molar-refractivity contribution in [1.82, 2.24) is 29.5 Å². The van der Waals surface area contributed by atoms with E-state index in [1.54, 1.807) is 7.05 Å². The standard InChI is InChI=1S/C20H25ClN8O/c1-4-6-11(22)9-23-20-24-18-15(19(30)28(20)3)17(25-26-18)12-7-8-14-13(16(12)21)10-29(5-2)27-14/h7-8,10-11H,4-6,9,22H2,1-3H3,(H2,23,24,25,26)/t11-/m0/s1. The van der Waals surface area contributed by atoms with Crippen molar-refractivity contribution in [2.45, 2.75) is 39.3 Å². The molecule has 0 aliphatic rings. The molecule has 4 aromatic rings. The van der Waals surface area contributed by atoms with Gasteiger partial charge in [-0.05, 0) is 25.5 Å². The molecule has 10 heteroatoms. The SMILES string of the molecule is CCC[C@H](N)CNc1nc2[nH]nc(-c3ccc4nn(CC)cc4c3Cl)c2c(=O)n1C. The van der Waals surface area contributed by atoms with Gasteiger partial charge in [0.15, 0.2) is 5.65 Å². The molecular formula is C20H25ClN8O. The molecule has 158 valence electrons. The Morgan fingerprint density at radius 1 is 1.33 bits per heavy atom. The predicted molar refractivity (Wildman–Crippen MR) is 120 cm³/mol. The van der Waals surface area contributed by atoms with E-state index in [1.165, 1.54) is 4.57 Å². The smallest absolute Gasteiger partial charge is 0.266 e. The highest BCUT2D eigenvalue weighted by atomic mass is 35.5. The number of rotatable bonds is 7. The molecule has 4 rings (SSSR count). The van der Waals surface area contributed by atoms with Gasteiger partial charge >= 0.3 is 0 Å². The third kappa shape index (κ3) is 3.44. The molecule has 30 heavy (non-hydrogen) atoms. The summed E-state index contributed by atoms with van der Waals surface area (Å²) in [5.74, 6) is 0.444. The first-order valence-corrected chi connectivity index (χ1v) is 10.4. The summed E-state index contributed by atoms with van der Waals surface area (Å²) in [6, 6.07) is 3.71. The van der Waals surface area contributed by atoms with Crippen molar-refractivity contribution in [2.24, 2.45) is 12.8 Å². The fraction of sp³-hybridized carbons (Fsp3) is 0.400. The van der Waals surface area contributed by atoms with Crippen LogP contribution in [-0.2, 0) is 13.6 Å². The highest BCUT2D eigenvalue weighted by Crippen LogP contribution is 2.35. The monoisotopic (exact) mass is 428 g/mol. The first kappa shape index (κ1) is 20.4.